The smallest absolute Gasteiger partial charge is 0.416 e. The number of nitrogens with zero attached hydrogens (tertiary/aromatic N) is 2. The van der Waals surface area contributed by atoms with Crippen molar-refractivity contribution in [1.82, 2.24) is 4.90 Å². The molecule has 30 heavy (non-hydrogen) atoms. The summed E-state index contributed by atoms with van der Waals surface area (Å²) in [6.45, 7) is 5.37. The lowest BCUT2D eigenvalue weighted by molar-refractivity contribution is -0.137. The molecule has 2 heterocycles. The number of carbonyl (C=O) groups is 2. The van der Waals surface area contributed by atoms with Crippen molar-refractivity contribution in [2.24, 2.45) is 5.92 Å². The second-order valence-corrected chi connectivity index (χ2v) is 9.07. The second kappa shape index (κ2) is 7.93. The van der Waals surface area contributed by atoms with Crippen molar-refractivity contribution >= 4 is 11.9 Å². The maximum Gasteiger partial charge on any atom is 0.416 e. The predicted molar refractivity (Wildman–Crippen MR) is 103 cm³/mol. The third-order valence-corrected chi connectivity index (χ3v) is 5.62. The summed E-state index contributed by atoms with van der Waals surface area (Å²) in [5, 5.41) is 9.08. The highest BCUT2D eigenvalue weighted by Gasteiger charge is 2.44. The number of alkyl halides is 3. The molecule has 5 nitrogen and oxygen atoms in total. The van der Waals surface area contributed by atoms with Crippen molar-refractivity contribution in [3.8, 4) is 6.07 Å². The van der Waals surface area contributed by atoms with Crippen LogP contribution in [-0.4, -0.2) is 34.5 Å². The minimum atomic E-state index is -4.64. The number of nitriles is 1. The first kappa shape index (κ1) is 22.1. The summed E-state index contributed by atoms with van der Waals surface area (Å²) in [4.78, 5) is 27.5. The van der Waals surface area contributed by atoms with Gasteiger partial charge in [-0.15, -0.1) is 0 Å². The zero-order valence-electron chi connectivity index (χ0n) is 17.3. The van der Waals surface area contributed by atoms with Gasteiger partial charge in [0.25, 0.3) is 0 Å². The molecule has 2 fully saturated rings. The molecule has 2 atom stereocenters. The van der Waals surface area contributed by atoms with Gasteiger partial charge in [-0.2, -0.15) is 18.4 Å². The molecule has 2 saturated heterocycles. The minimum absolute atomic E-state index is 0.102. The van der Waals surface area contributed by atoms with Crippen LogP contribution in [0.2, 0.25) is 0 Å². The Morgan fingerprint density at radius 3 is 2.20 bits per heavy atom. The molecule has 3 rings (SSSR count). The molecule has 2 bridgehead atoms. The van der Waals surface area contributed by atoms with Gasteiger partial charge >= 0.3 is 12.3 Å². The van der Waals surface area contributed by atoms with Crippen LogP contribution in [-0.2, 0) is 10.9 Å². The van der Waals surface area contributed by atoms with E-state index in [1.165, 1.54) is 6.07 Å². The quantitative estimate of drug-likeness (QED) is 0.604. The summed E-state index contributed by atoms with van der Waals surface area (Å²) in [5.74, 6) is -0.896. The summed E-state index contributed by atoms with van der Waals surface area (Å²) in [5.41, 5.74) is -1.94. The summed E-state index contributed by atoms with van der Waals surface area (Å²) in [7, 11) is 0. The number of Topliss-reactive ketones (excluding diaryl/α,β-unsaturated/α-hetero) is 1. The largest absolute Gasteiger partial charge is 0.444 e. The number of amides is 1. The molecule has 8 heteroatoms. The van der Waals surface area contributed by atoms with E-state index < -0.39 is 35.1 Å². The maximum atomic E-state index is 13.2. The van der Waals surface area contributed by atoms with E-state index in [0.717, 1.165) is 31.4 Å². The van der Waals surface area contributed by atoms with Crippen LogP contribution in [0.3, 0.4) is 0 Å². The van der Waals surface area contributed by atoms with E-state index in [9.17, 15) is 22.8 Å². The molecule has 2 aliphatic rings. The summed E-state index contributed by atoms with van der Waals surface area (Å²) in [6, 6.07) is 4.12. The number of hydrogen-bond acceptors (Lipinski definition) is 4. The zero-order chi connectivity index (χ0) is 22.3. The average molecular weight is 422 g/mol. The maximum absolute atomic E-state index is 13.2. The standard InChI is InChI=1S/C22H25F3N2O3/c1-21(2,3)30-20(29)27-17-5-4-6-18(27)11-15(10-17)19(28)14-7-13(12-26)8-16(9-14)22(23,24)25/h7-9,15,17-18H,4-6,10-11H2,1-3H3. The average Bonchev–Trinajstić information content (AvgIpc) is 2.63. The molecule has 0 saturated carbocycles. The first-order chi connectivity index (χ1) is 13.9. The highest BCUT2D eigenvalue weighted by molar-refractivity contribution is 5.98. The Balaban J connectivity index is 1.83. The van der Waals surface area contributed by atoms with Gasteiger partial charge in [0.15, 0.2) is 5.78 Å². The zero-order valence-corrected chi connectivity index (χ0v) is 17.3. The van der Waals surface area contributed by atoms with Gasteiger partial charge in [0, 0.05) is 23.6 Å². The van der Waals surface area contributed by atoms with Gasteiger partial charge in [-0.1, -0.05) is 0 Å². The molecule has 1 amide bonds. The van der Waals surface area contributed by atoms with Crippen molar-refractivity contribution in [2.45, 2.75) is 76.7 Å². The molecule has 0 N–H and O–H groups in total. The number of fused-ring (bicyclic) bond motifs is 2. The van der Waals surface area contributed by atoms with Crippen LogP contribution >= 0.6 is 0 Å². The molecule has 1 aromatic rings. The van der Waals surface area contributed by atoms with Crippen molar-refractivity contribution in [2.75, 3.05) is 0 Å². The summed E-state index contributed by atoms with van der Waals surface area (Å²) < 4.78 is 45.0. The van der Waals surface area contributed by atoms with Crippen LogP contribution in [0, 0.1) is 17.2 Å². The van der Waals surface area contributed by atoms with Crippen LogP contribution in [0.15, 0.2) is 18.2 Å². The van der Waals surface area contributed by atoms with Crippen molar-refractivity contribution in [1.29, 1.82) is 5.26 Å². The normalized spacial score (nSPS) is 24.2. The highest BCUT2D eigenvalue weighted by Crippen LogP contribution is 2.40. The van der Waals surface area contributed by atoms with E-state index in [4.69, 9.17) is 10.00 Å². The first-order valence-electron chi connectivity index (χ1n) is 10.1. The molecular formula is C22H25F3N2O3. The van der Waals surface area contributed by atoms with E-state index in [2.05, 4.69) is 0 Å². The van der Waals surface area contributed by atoms with E-state index in [-0.39, 0.29) is 23.2 Å². The number of ether oxygens (including phenoxy) is 1. The van der Waals surface area contributed by atoms with Gasteiger partial charge in [-0.25, -0.2) is 4.79 Å². The van der Waals surface area contributed by atoms with E-state index >= 15 is 0 Å². The Bertz CT molecular complexity index is 869. The molecule has 1 aromatic carbocycles. The molecule has 2 aliphatic heterocycles. The van der Waals surface area contributed by atoms with Crippen LogP contribution < -0.4 is 0 Å². The summed E-state index contributed by atoms with van der Waals surface area (Å²) >= 11 is 0. The highest BCUT2D eigenvalue weighted by atomic mass is 19.4. The topological polar surface area (TPSA) is 70.4 Å². The van der Waals surface area contributed by atoms with E-state index in [1.54, 1.807) is 31.7 Å². The Morgan fingerprint density at radius 2 is 1.70 bits per heavy atom. The monoisotopic (exact) mass is 422 g/mol. The lowest BCUT2D eigenvalue weighted by Gasteiger charge is -2.48. The number of carbonyl (C=O) groups excluding carboxylic acids is 2. The number of halogens is 3. The SMILES string of the molecule is CC(C)(C)OC(=O)N1C2CCCC1CC(C(=O)c1cc(C#N)cc(C(F)(F)F)c1)C2. The number of benzene rings is 1. The van der Waals surface area contributed by atoms with Crippen LogP contribution in [0.5, 0.6) is 0 Å². The molecule has 0 spiro atoms. The Hall–Kier alpha value is -2.56. The Morgan fingerprint density at radius 1 is 1.10 bits per heavy atom. The number of ketones is 1. The lowest BCUT2D eigenvalue weighted by atomic mass is 9.75. The molecule has 0 aromatic heterocycles. The second-order valence-electron chi connectivity index (χ2n) is 9.07. The van der Waals surface area contributed by atoms with Gasteiger partial charge in [0.2, 0.25) is 0 Å². The molecule has 0 radical (unpaired) electrons. The molecule has 2 unspecified atom stereocenters. The fourth-order valence-electron chi connectivity index (χ4n) is 4.44. The van der Waals surface area contributed by atoms with Crippen LogP contribution in [0.4, 0.5) is 18.0 Å². The van der Waals surface area contributed by atoms with Gasteiger partial charge in [-0.3, -0.25) is 4.79 Å². The van der Waals surface area contributed by atoms with Crippen LogP contribution in [0.1, 0.15) is 74.4 Å². The van der Waals surface area contributed by atoms with Crippen molar-refractivity contribution in [3.05, 3.63) is 34.9 Å². The third-order valence-electron chi connectivity index (χ3n) is 5.62. The molecule has 0 aliphatic carbocycles. The predicted octanol–water partition coefficient (Wildman–Crippen LogP) is 5.33. The lowest BCUT2D eigenvalue weighted by Crippen LogP contribution is -2.56. The van der Waals surface area contributed by atoms with Gasteiger partial charge in [-0.05, 0) is 71.1 Å². The van der Waals surface area contributed by atoms with E-state index in [0.29, 0.717) is 12.8 Å². The fraction of sp³-hybridized carbons (Fsp3) is 0.591. The Labute approximate surface area is 173 Å². The third kappa shape index (κ3) is 4.77. The number of hydrogen-bond donors (Lipinski definition) is 0. The van der Waals surface area contributed by atoms with Crippen molar-refractivity contribution in [3.63, 3.8) is 0 Å². The van der Waals surface area contributed by atoms with Gasteiger partial charge in [0.1, 0.15) is 5.60 Å². The number of piperidine rings is 2. The molecule has 162 valence electrons. The van der Waals surface area contributed by atoms with Crippen LogP contribution in [0.25, 0.3) is 0 Å². The Kier molecular flexibility index (Phi) is 5.85. The fourth-order valence-corrected chi connectivity index (χ4v) is 4.44. The minimum Gasteiger partial charge on any atom is -0.444 e. The number of rotatable bonds is 2. The van der Waals surface area contributed by atoms with Gasteiger partial charge in [0.05, 0.1) is 17.2 Å². The van der Waals surface area contributed by atoms with Crippen molar-refractivity contribution < 1.29 is 27.5 Å². The van der Waals surface area contributed by atoms with E-state index in [1.807, 2.05) is 0 Å². The summed E-state index contributed by atoms with van der Waals surface area (Å²) in [6.07, 6.45) is -1.90. The van der Waals surface area contributed by atoms with Gasteiger partial charge < -0.3 is 9.64 Å². The first-order valence-corrected chi connectivity index (χ1v) is 10.1. The molecular weight excluding hydrogens is 397 g/mol.